The van der Waals surface area contributed by atoms with Crippen LogP contribution in [0.4, 0.5) is 0 Å². The minimum atomic E-state index is -0.559. The standard InChI is InChI=1S/C27H33NO6.C26H23NO5.C22H25NO6/c1-5-6-7-8-9-10-16-33-22-14-12-20-23-19(11-13-21(32-4)24(22)23)25(29)28(26(20)30)15-17-34-27(31)18(2)3;1-32-21-14-13-19-22-18(25(30)27(26(19)31)15-7-3-2-4-8-15)12-11-17(23(21)22)24(29)16-9-5-6-10-20(16)28;24-10-12-28-17-8-6-15-19-16(7-9-18(20(17)19)29-13-11-25)22(27)23(21(15)26)14-4-2-1-3-5-14/h11-14H,2,5-10,15-17H2,1,3-4H3;5-6,9-15,28H,2-4,7-8H2,1H3;6-9,14,24-25H,1-5,10-13H2. The van der Waals surface area contributed by atoms with Crippen molar-refractivity contribution in [1.29, 1.82) is 0 Å². The molecule has 0 saturated heterocycles. The first kappa shape index (κ1) is 68.2. The second kappa shape index (κ2) is 31.1. The Morgan fingerprint density at radius 3 is 1.32 bits per heavy atom. The van der Waals surface area contributed by atoms with Crippen LogP contribution in [0.3, 0.4) is 0 Å². The van der Waals surface area contributed by atoms with E-state index in [9.17, 15) is 43.5 Å². The molecule has 0 radical (unpaired) electrons. The van der Waals surface area contributed by atoms with Gasteiger partial charge in [0.25, 0.3) is 35.4 Å². The van der Waals surface area contributed by atoms with Crippen molar-refractivity contribution < 1.29 is 82.1 Å². The highest BCUT2D eigenvalue weighted by atomic mass is 16.5. The van der Waals surface area contributed by atoms with Gasteiger partial charge >= 0.3 is 5.97 Å². The van der Waals surface area contributed by atoms with Gasteiger partial charge in [-0.15, -0.1) is 0 Å². The van der Waals surface area contributed by atoms with Crippen LogP contribution < -0.4 is 23.7 Å². The average Bonchev–Trinajstić information content (AvgIpc) is 0.744. The van der Waals surface area contributed by atoms with Crippen LogP contribution in [-0.2, 0) is 9.53 Å². The van der Waals surface area contributed by atoms with Crippen LogP contribution in [0.5, 0.6) is 34.5 Å². The Morgan fingerprint density at radius 2 is 0.863 bits per heavy atom. The predicted molar refractivity (Wildman–Crippen MR) is 356 cm³/mol. The fourth-order valence-corrected chi connectivity index (χ4v) is 13.5. The van der Waals surface area contributed by atoms with E-state index in [0.29, 0.717) is 101 Å². The molecule has 2 aliphatic carbocycles. The van der Waals surface area contributed by atoms with E-state index >= 15 is 0 Å². The van der Waals surface area contributed by atoms with E-state index in [4.69, 9.17) is 38.6 Å². The lowest BCUT2D eigenvalue weighted by molar-refractivity contribution is -0.139. The van der Waals surface area contributed by atoms with E-state index in [1.165, 1.54) is 55.6 Å². The Morgan fingerprint density at radius 1 is 0.463 bits per heavy atom. The summed E-state index contributed by atoms with van der Waals surface area (Å²) >= 11 is 0. The molecule has 3 N–H and O–H groups in total. The Kier molecular flexibility index (Phi) is 22.3. The number of aromatic hydroxyl groups is 1. The molecule has 0 unspecified atom stereocenters. The number of carbonyl (C=O) groups is 8. The molecule has 6 amide bonds. The molecule has 2 fully saturated rings. The number of esters is 1. The molecule has 0 atom stereocenters. The Balaban J connectivity index is 0.000000156. The number of phenols is 1. The van der Waals surface area contributed by atoms with Gasteiger partial charge in [0.2, 0.25) is 0 Å². The van der Waals surface area contributed by atoms with E-state index in [0.717, 1.165) is 81.9 Å². The third-order valence-electron chi connectivity index (χ3n) is 18.1. The van der Waals surface area contributed by atoms with E-state index in [1.54, 1.807) is 98.1 Å². The van der Waals surface area contributed by atoms with Gasteiger partial charge in [0.1, 0.15) is 54.3 Å². The molecule has 7 aromatic carbocycles. The van der Waals surface area contributed by atoms with Crippen LogP contribution >= 0.6 is 0 Å². The van der Waals surface area contributed by atoms with Crippen molar-refractivity contribution in [2.24, 2.45) is 0 Å². The minimum absolute atomic E-state index is 0.0417. The normalized spacial score (nSPS) is 15.3. The summed E-state index contributed by atoms with van der Waals surface area (Å²) in [5.41, 5.74) is 3.15. The molecule has 95 heavy (non-hydrogen) atoms. The molecule has 3 aliphatic heterocycles. The molecule has 498 valence electrons. The first-order valence-corrected chi connectivity index (χ1v) is 32.8. The molecule has 12 rings (SSSR count). The monoisotopic (exact) mass is 1300 g/mol. The third kappa shape index (κ3) is 14.0. The number of carbonyl (C=O) groups excluding carboxylic acids is 8. The fourth-order valence-electron chi connectivity index (χ4n) is 13.5. The molecular formula is C75H81N3O17. The smallest absolute Gasteiger partial charge is 0.333 e. The number of imide groups is 3. The van der Waals surface area contributed by atoms with Gasteiger partial charge in [0.05, 0.1) is 56.9 Å². The van der Waals surface area contributed by atoms with Gasteiger partial charge in [-0.3, -0.25) is 48.3 Å². The first-order valence-electron chi connectivity index (χ1n) is 32.8. The van der Waals surface area contributed by atoms with Gasteiger partial charge in [-0.1, -0.05) is 96.3 Å². The third-order valence-corrected chi connectivity index (χ3v) is 18.1. The number of amides is 6. The van der Waals surface area contributed by atoms with Gasteiger partial charge in [0, 0.05) is 78.1 Å². The van der Waals surface area contributed by atoms with Crippen molar-refractivity contribution >= 4 is 79.5 Å². The van der Waals surface area contributed by atoms with Gasteiger partial charge in [-0.2, -0.15) is 0 Å². The number of unbranched alkanes of at least 4 members (excludes halogenated alkanes) is 5. The van der Waals surface area contributed by atoms with Crippen LogP contribution in [-0.4, -0.2) is 150 Å². The average molecular weight is 1300 g/mol. The molecule has 5 aliphatic rings. The maximum Gasteiger partial charge on any atom is 0.333 e. The predicted octanol–water partition coefficient (Wildman–Crippen LogP) is 12.5. The second-order valence-electron chi connectivity index (χ2n) is 24.2. The second-order valence-corrected chi connectivity index (χ2v) is 24.2. The number of benzene rings is 7. The summed E-state index contributed by atoms with van der Waals surface area (Å²) in [6.07, 6.45) is 16.5. The lowest BCUT2D eigenvalue weighted by Gasteiger charge is -2.36. The Labute approximate surface area is 551 Å². The molecule has 7 aromatic rings. The molecule has 0 spiro atoms. The zero-order valence-electron chi connectivity index (χ0n) is 54.3. The quantitative estimate of drug-likeness (QED) is 0.0167. The van der Waals surface area contributed by atoms with E-state index in [1.807, 2.05) is 0 Å². The van der Waals surface area contributed by atoms with Crippen molar-refractivity contribution in [3.8, 4) is 34.5 Å². The van der Waals surface area contributed by atoms with Crippen LogP contribution in [0.2, 0.25) is 0 Å². The number of ketones is 1. The SMILES string of the molecule is C=C(C)C(=O)OCCN1C(=O)c2ccc(OC)c3c(OCCCCCCCC)ccc(c23)C1=O.COc1ccc2c3c(ccc(C(=O)c4ccccc4O)c13)C(=O)N(C1CCCCC1)C2=O.O=C1c2ccc(OCCO)c3c(OCCO)ccc(c23)C(=O)N1C1CCCCC1. The molecule has 20 nitrogen and oxygen atoms in total. The number of methoxy groups -OCH3 is 2. The highest BCUT2D eigenvalue weighted by molar-refractivity contribution is 6.31. The number of phenolic OH excluding ortho intramolecular Hbond substituents is 1. The zero-order valence-corrected chi connectivity index (χ0v) is 54.3. The summed E-state index contributed by atoms with van der Waals surface area (Å²) in [7, 11) is 3.04. The fraction of sp³-hybridized carbons (Fsp3) is 0.387. The number of rotatable bonds is 24. The summed E-state index contributed by atoms with van der Waals surface area (Å²) < 4.78 is 33.5. The first-order chi connectivity index (χ1) is 46.1. The van der Waals surface area contributed by atoms with Crippen LogP contribution in [0, 0.1) is 0 Å². The van der Waals surface area contributed by atoms with E-state index in [-0.39, 0.29) is 97.7 Å². The highest BCUT2D eigenvalue weighted by Crippen LogP contribution is 2.45. The molecule has 3 heterocycles. The van der Waals surface area contributed by atoms with Gasteiger partial charge < -0.3 is 43.7 Å². The summed E-state index contributed by atoms with van der Waals surface area (Å²) in [5, 5.41) is 31.5. The van der Waals surface area contributed by atoms with Crippen LogP contribution in [0.15, 0.2) is 109 Å². The summed E-state index contributed by atoms with van der Waals surface area (Å²) in [6.45, 7) is 7.50. The number of nitrogens with zero attached hydrogens (tertiary/aromatic N) is 3. The number of ether oxygens (including phenoxy) is 6. The van der Waals surface area contributed by atoms with Crippen molar-refractivity contribution in [3.05, 3.63) is 154 Å². The van der Waals surface area contributed by atoms with Crippen LogP contribution in [0.25, 0.3) is 32.3 Å². The van der Waals surface area contributed by atoms with Crippen molar-refractivity contribution in [2.75, 3.05) is 60.4 Å². The Hall–Kier alpha value is -9.66. The van der Waals surface area contributed by atoms with Crippen molar-refractivity contribution in [2.45, 2.75) is 129 Å². The lowest BCUT2D eigenvalue weighted by Crippen LogP contribution is -2.47. The largest absolute Gasteiger partial charge is 0.507 e. The number of para-hydroxylation sites is 1. The number of aliphatic hydroxyl groups excluding tert-OH is 2. The van der Waals surface area contributed by atoms with Gasteiger partial charge in [0.15, 0.2) is 5.78 Å². The maximum atomic E-state index is 13.5. The Bertz CT molecular complexity index is 4020. The lowest BCUT2D eigenvalue weighted by atomic mass is 9.86. The summed E-state index contributed by atoms with van der Waals surface area (Å²) in [4.78, 5) is 109. The summed E-state index contributed by atoms with van der Waals surface area (Å²) in [6, 6.07) is 26.2. The minimum Gasteiger partial charge on any atom is -0.507 e. The van der Waals surface area contributed by atoms with E-state index in [2.05, 4.69) is 13.5 Å². The molecule has 0 aromatic heterocycles. The number of hydrogen-bond donors (Lipinski definition) is 3. The molecule has 2 saturated carbocycles. The number of hydrogen-bond acceptors (Lipinski definition) is 17. The topological polar surface area (TPSA) is 262 Å². The number of aliphatic hydroxyl groups is 2. The zero-order chi connectivity index (χ0) is 67.4. The molecular weight excluding hydrogens is 1210 g/mol. The van der Waals surface area contributed by atoms with Crippen LogP contribution in [0.1, 0.15) is 195 Å². The highest BCUT2D eigenvalue weighted by Gasteiger charge is 2.42. The van der Waals surface area contributed by atoms with Gasteiger partial charge in [-0.05, 0) is 124 Å². The molecule has 0 bridgehead atoms. The van der Waals surface area contributed by atoms with Crippen molar-refractivity contribution in [3.63, 3.8) is 0 Å². The van der Waals surface area contributed by atoms with Crippen molar-refractivity contribution in [1.82, 2.24) is 14.7 Å². The molecule has 20 heteroatoms. The van der Waals surface area contributed by atoms with Gasteiger partial charge in [-0.25, -0.2) is 4.79 Å². The summed E-state index contributed by atoms with van der Waals surface area (Å²) in [5.74, 6) is -0.797. The maximum absolute atomic E-state index is 13.5. The van der Waals surface area contributed by atoms with E-state index < -0.39 is 23.6 Å².